The van der Waals surface area contributed by atoms with Crippen LogP contribution in [0.15, 0.2) is 35.4 Å². The molecule has 0 bridgehead atoms. The third kappa shape index (κ3) is 4.41. The molecule has 0 saturated carbocycles. The number of ether oxygens (including phenoxy) is 1. The minimum Gasteiger partial charge on any atom is -0.497 e. The number of hydrazone groups is 1. The molecule has 0 aromatic heterocycles. The number of carbonyl (C=O) groups excluding carboxylic acids is 1. The van der Waals surface area contributed by atoms with Gasteiger partial charge in [0.25, 0.3) is 0 Å². The molecule has 1 aromatic rings. The SMILES string of the molecule is COc1ccc(/C=C/C=N\NC(C)=O)cc1. The number of nitrogens with one attached hydrogen (secondary N) is 1. The number of methoxy groups -OCH3 is 1. The van der Waals surface area contributed by atoms with Gasteiger partial charge in [0, 0.05) is 13.1 Å². The molecule has 0 atom stereocenters. The summed E-state index contributed by atoms with van der Waals surface area (Å²) in [6.45, 7) is 1.41. The summed E-state index contributed by atoms with van der Waals surface area (Å²) in [6.07, 6.45) is 5.15. The molecule has 4 nitrogen and oxygen atoms in total. The van der Waals surface area contributed by atoms with Crippen LogP contribution in [0.2, 0.25) is 0 Å². The number of rotatable bonds is 4. The van der Waals surface area contributed by atoms with Gasteiger partial charge < -0.3 is 4.74 Å². The van der Waals surface area contributed by atoms with Crippen LogP contribution in [0.3, 0.4) is 0 Å². The second kappa shape index (κ2) is 6.40. The predicted octanol–water partition coefficient (Wildman–Crippen LogP) is 1.83. The first kappa shape index (κ1) is 12.0. The summed E-state index contributed by atoms with van der Waals surface area (Å²) in [5.74, 6) is 0.637. The highest BCUT2D eigenvalue weighted by Crippen LogP contribution is 2.11. The van der Waals surface area contributed by atoms with E-state index in [1.54, 1.807) is 13.2 Å². The van der Waals surface area contributed by atoms with E-state index in [-0.39, 0.29) is 5.91 Å². The quantitative estimate of drug-likeness (QED) is 0.619. The lowest BCUT2D eigenvalue weighted by Gasteiger charge is -1.98. The Labute approximate surface area is 94.6 Å². The van der Waals surface area contributed by atoms with Crippen molar-refractivity contribution < 1.29 is 9.53 Å². The number of benzene rings is 1. The van der Waals surface area contributed by atoms with E-state index in [0.717, 1.165) is 11.3 Å². The Morgan fingerprint density at radius 2 is 2.06 bits per heavy atom. The Kier molecular flexibility index (Phi) is 4.79. The van der Waals surface area contributed by atoms with Crippen LogP contribution in [0, 0.1) is 0 Å². The molecule has 0 aliphatic heterocycles. The van der Waals surface area contributed by atoms with Crippen LogP contribution < -0.4 is 10.2 Å². The van der Waals surface area contributed by atoms with Gasteiger partial charge in [-0.2, -0.15) is 5.10 Å². The fraction of sp³-hybridized carbons (Fsp3) is 0.167. The number of hydrogen-bond acceptors (Lipinski definition) is 3. The lowest BCUT2D eigenvalue weighted by molar-refractivity contribution is -0.118. The van der Waals surface area contributed by atoms with Gasteiger partial charge in [-0.05, 0) is 23.8 Å². The molecule has 1 N–H and O–H groups in total. The predicted molar refractivity (Wildman–Crippen MR) is 64.3 cm³/mol. The fourth-order valence-electron chi connectivity index (χ4n) is 1.04. The van der Waals surface area contributed by atoms with Crippen molar-refractivity contribution in [3.05, 3.63) is 35.9 Å². The van der Waals surface area contributed by atoms with E-state index >= 15 is 0 Å². The van der Waals surface area contributed by atoms with Crippen LogP contribution in [0.25, 0.3) is 6.08 Å². The zero-order valence-electron chi connectivity index (χ0n) is 9.31. The third-order valence-corrected chi connectivity index (χ3v) is 1.79. The van der Waals surface area contributed by atoms with Crippen molar-refractivity contribution in [3.63, 3.8) is 0 Å². The standard InChI is InChI=1S/C12H14N2O2/c1-10(15)14-13-9-3-4-11-5-7-12(16-2)8-6-11/h3-9H,1-2H3,(H,14,15)/b4-3+,13-9-. The maximum absolute atomic E-state index is 10.5. The number of amides is 1. The second-order valence-electron chi connectivity index (χ2n) is 3.08. The van der Waals surface area contributed by atoms with Gasteiger partial charge in [-0.3, -0.25) is 4.79 Å². The van der Waals surface area contributed by atoms with Gasteiger partial charge in [-0.15, -0.1) is 0 Å². The van der Waals surface area contributed by atoms with Crippen molar-refractivity contribution >= 4 is 18.2 Å². The van der Waals surface area contributed by atoms with Crippen LogP contribution >= 0.6 is 0 Å². The van der Waals surface area contributed by atoms with Crippen molar-refractivity contribution in [1.29, 1.82) is 0 Å². The summed E-state index contributed by atoms with van der Waals surface area (Å²) in [7, 11) is 1.63. The van der Waals surface area contributed by atoms with Crippen molar-refractivity contribution in [1.82, 2.24) is 5.43 Å². The Morgan fingerprint density at radius 3 is 2.62 bits per heavy atom. The van der Waals surface area contributed by atoms with Gasteiger partial charge in [0.15, 0.2) is 0 Å². The van der Waals surface area contributed by atoms with E-state index in [1.165, 1.54) is 13.1 Å². The maximum Gasteiger partial charge on any atom is 0.236 e. The molecule has 0 spiro atoms. The van der Waals surface area contributed by atoms with E-state index < -0.39 is 0 Å². The molecule has 16 heavy (non-hydrogen) atoms. The smallest absolute Gasteiger partial charge is 0.236 e. The third-order valence-electron chi connectivity index (χ3n) is 1.79. The normalized spacial score (nSPS) is 10.9. The zero-order chi connectivity index (χ0) is 11.8. The summed E-state index contributed by atoms with van der Waals surface area (Å²) in [4.78, 5) is 10.5. The Morgan fingerprint density at radius 1 is 1.38 bits per heavy atom. The number of hydrogen-bond donors (Lipinski definition) is 1. The van der Waals surface area contributed by atoms with Gasteiger partial charge in [-0.1, -0.05) is 18.2 Å². The lowest BCUT2D eigenvalue weighted by atomic mass is 10.2. The van der Waals surface area contributed by atoms with Gasteiger partial charge >= 0.3 is 0 Å². The molecular weight excluding hydrogens is 204 g/mol. The Balaban J connectivity index is 2.49. The summed E-state index contributed by atoms with van der Waals surface area (Å²) in [6, 6.07) is 7.62. The summed E-state index contributed by atoms with van der Waals surface area (Å²) in [5.41, 5.74) is 3.35. The zero-order valence-corrected chi connectivity index (χ0v) is 9.31. The highest BCUT2D eigenvalue weighted by molar-refractivity contribution is 5.80. The van der Waals surface area contributed by atoms with E-state index in [4.69, 9.17) is 4.74 Å². The first-order valence-electron chi connectivity index (χ1n) is 4.83. The van der Waals surface area contributed by atoms with E-state index in [1.807, 2.05) is 30.3 Å². The van der Waals surface area contributed by atoms with Crippen LogP contribution in [-0.4, -0.2) is 19.2 Å². The van der Waals surface area contributed by atoms with Crippen LogP contribution in [-0.2, 0) is 4.79 Å². The Hall–Kier alpha value is -2.10. The number of nitrogens with zero attached hydrogens (tertiary/aromatic N) is 1. The molecule has 0 aliphatic rings. The van der Waals surface area contributed by atoms with E-state index in [0.29, 0.717) is 0 Å². The average Bonchev–Trinajstić information content (AvgIpc) is 2.29. The first-order valence-corrected chi connectivity index (χ1v) is 4.83. The summed E-state index contributed by atoms with van der Waals surface area (Å²) < 4.78 is 5.04. The summed E-state index contributed by atoms with van der Waals surface area (Å²) >= 11 is 0. The van der Waals surface area contributed by atoms with Crippen LogP contribution in [0.4, 0.5) is 0 Å². The highest BCUT2D eigenvalue weighted by atomic mass is 16.5. The number of carbonyl (C=O) groups is 1. The molecule has 84 valence electrons. The molecule has 1 rings (SSSR count). The topological polar surface area (TPSA) is 50.7 Å². The molecule has 0 fully saturated rings. The van der Waals surface area contributed by atoms with Crippen molar-refractivity contribution in [2.75, 3.05) is 7.11 Å². The van der Waals surface area contributed by atoms with Crippen LogP contribution in [0.5, 0.6) is 5.75 Å². The molecule has 0 unspecified atom stereocenters. The molecule has 4 heteroatoms. The summed E-state index contributed by atoms with van der Waals surface area (Å²) in [5, 5.41) is 3.68. The van der Waals surface area contributed by atoms with Crippen molar-refractivity contribution in [2.45, 2.75) is 6.92 Å². The van der Waals surface area contributed by atoms with Crippen LogP contribution in [0.1, 0.15) is 12.5 Å². The molecule has 1 amide bonds. The molecule has 0 aliphatic carbocycles. The second-order valence-corrected chi connectivity index (χ2v) is 3.08. The molecule has 0 radical (unpaired) electrons. The fourth-order valence-corrected chi connectivity index (χ4v) is 1.04. The average molecular weight is 218 g/mol. The lowest BCUT2D eigenvalue weighted by Crippen LogP contribution is -2.11. The van der Waals surface area contributed by atoms with Gasteiger partial charge in [0.05, 0.1) is 7.11 Å². The monoisotopic (exact) mass is 218 g/mol. The molecular formula is C12H14N2O2. The van der Waals surface area contributed by atoms with E-state index in [9.17, 15) is 4.79 Å². The largest absolute Gasteiger partial charge is 0.497 e. The molecule has 0 saturated heterocycles. The Bertz CT molecular complexity index is 394. The maximum atomic E-state index is 10.5. The van der Waals surface area contributed by atoms with Gasteiger partial charge in [0.2, 0.25) is 5.91 Å². The van der Waals surface area contributed by atoms with E-state index in [2.05, 4.69) is 10.5 Å². The molecule has 1 aromatic carbocycles. The van der Waals surface area contributed by atoms with Gasteiger partial charge in [0.1, 0.15) is 5.75 Å². The molecule has 0 heterocycles. The minimum absolute atomic E-state index is 0.186. The first-order chi connectivity index (χ1) is 7.72. The number of allylic oxidation sites excluding steroid dienone is 1. The minimum atomic E-state index is -0.186. The van der Waals surface area contributed by atoms with Gasteiger partial charge in [-0.25, -0.2) is 5.43 Å². The van der Waals surface area contributed by atoms with Crippen molar-refractivity contribution in [3.8, 4) is 5.75 Å². The van der Waals surface area contributed by atoms with Crippen molar-refractivity contribution in [2.24, 2.45) is 5.10 Å². The highest BCUT2D eigenvalue weighted by Gasteiger charge is 1.88.